The summed E-state index contributed by atoms with van der Waals surface area (Å²) >= 11 is 0. The Bertz CT molecular complexity index is 1010. The van der Waals surface area contributed by atoms with Crippen molar-refractivity contribution >= 4 is 28.3 Å². The number of carbonyl (C=O) groups excluding carboxylic acids is 1. The zero-order chi connectivity index (χ0) is 20.2. The Morgan fingerprint density at radius 2 is 1.79 bits per heavy atom. The van der Waals surface area contributed by atoms with Gasteiger partial charge >= 0.3 is 6.03 Å². The van der Waals surface area contributed by atoms with Gasteiger partial charge < -0.3 is 24.6 Å². The SMILES string of the molecule is COc1ccc(N2CCN(C(=O)Nc3cccc4cccnc34)CC2)c(OC)c1. The fraction of sp³-hybridized carbons (Fsp3) is 0.273. The van der Waals surface area contributed by atoms with Crippen molar-refractivity contribution in [3.8, 4) is 11.5 Å². The maximum atomic E-state index is 12.8. The van der Waals surface area contributed by atoms with Crippen molar-refractivity contribution in [1.82, 2.24) is 9.88 Å². The van der Waals surface area contributed by atoms with Gasteiger partial charge in [0.05, 0.1) is 31.1 Å². The number of fused-ring (bicyclic) bond motifs is 1. The molecule has 1 aliphatic heterocycles. The molecule has 0 atom stereocenters. The van der Waals surface area contributed by atoms with Crippen molar-refractivity contribution in [3.63, 3.8) is 0 Å². The van der Waals surface area contributed by atoms with Gasteiger partial charge in [-0.3, -0.25) is 4.98 Å². The predicted octanol–water partition coefficient (Wildman–Crippen LogP) is 3.61. The van der Waals surface area contributed by atoms with Crippen LogP contribution in [0.1, 0.15) is 0 Å². The van der Waals surface area contributed by atoms with Crippen LogP contribution in [0.15, 0.2) is 54.7 Å². The van der Waals surface area contributed by atoms with Crippen LogP contribution in [0.3, 0.4) is 0 Å². The lowest BCUT2D eigenvalue weighted by Gasteiger charge is -2.36. The van der Waals surface area contributed by atoms with Gasteiger partial charge in [-0.05, 0) is 24.3 Å². The van der Waals surface area contributed by atoms with Crippen LogP contribution in [0.5, 0.6) is 11.5 Å². The van der Waals surface area contributed by atoms with Crippen LogP contribution < -0.4 is 19.7 Å². The molecule has 2 aromatic carbocycles. The van der Waals surface area contributed by atoms with E-state index in [-0.39, 0.29) is 6.03 Å². The Labute approximate surface area is 169 Å². The van der Waals surface area contributed by atoms with Crippen LogP contribution in [-0.2, 0) is 0 Å². The summed E-state index contributed by atoms with van der Waals surface area (Å²) in [6.07, 6.45) is 1.74. The number of hydrogen-bond acceptors (Lipinski definition) is 5. The molecule has 2 amide bonds. The normalized spacial score (nSPS) is 14.0. The zero-order valence-electron chi connectivity index (χ0n) is 16.6. The molecule has 0 aliphatic carbocycles. The Morgan fingerprint density at radius 1 is 1.00 bits per heavy atom. The average Bonchev–Trinajstić information content (AvgIpc) is 2.79. The minimum absolute atomic E-state index is 0.107. The number of nitrogens with one attached hydrogen (secondary N) is 1. The molecule has 4 rings (SSSR count). The highest BCUT2D eigenvalue weighted by Gasteiger charge is 2.23. The number of aromatic nitrogens is 1. The van der Waals surface area contributed by atoms with Crippen molar-refractivity contribution in [3.05, 3.63) is 54.7 Å². The molecule has 7 heteroatoms. The third-order valence-electron chi connectivity index (χ3n) is 5.17. The number of ether oxygens (including phenoxy) is 2. The highest BCUT2D eigenvalue weighted by Crippen LogP contribution is 2.32. The van der Waals surface area contributed by atoms with Crippen LogP contribution in [0.25, 0.3) is 10.9 Å². The number of rotatable bonds is 4. The Balaban J connectivity index is 1.42. The third kappa shape index (κ3) is 3.89. The second kappa shape index (κ2) is 8.26. The molecule has 1 fully saturated rings. The highest BCUT2D eigenvalue weighted by molar-refractivity contribution is 5.99. The first-order valence-electron chi connectivity index (χ1n) is 9.56. The fourth-order valence-electron chi connectivity index (χ4n) is 3.60. The van der Waals surface area contributed by atoms with Crippen molar-refractivity contribution in [1.29, 1.82) is 0 Å². The van der Waals surface area contributed by atoms with Crippen LogP contribution in [0.4, 0.5) is 16.2 Å². The lowest BCUT2D eigenvalue weighted by Crippen LogP contribution is -2.50. The standard InChI is InChI=1S/C22H24N4O3/c1-28-17-8-9-19(20(15-17)29-2)25-11-13-26(14-12-25)22(27)24-18-7-3-5-16-6-4-10-23-21(16)18/h3-10,15H,11-14H2,1-2H3,(H,24,27). The number of pyridine rings is 1. The molecule has 1 N–H and O–H groups in total. The largest absolute Gasteiger partial charge is 0.497 e. The summed E-state index contributed by atoms with van der Waals surface area (Å²) in [5.74, 6) is 1.52. The van der Waals surface area contributed by atoms with E-state index in [9.17, 15) is 4.79 Å². The smallest absolute Gasteiger partial charge is 0.322 e. The maximum Gasteiger partial charge on any atom is 0.322 e. The summed E-state index contributed by atoms with van der Waals surface area (Å²) in [7, 11) is 3.29. The molecule has 3 aromatic rings. The van der Waals surface area contributed by atoms with Crippen molar-refractivity contribution in [2.75, 3.05) is 50.6 Å². The first kappa shape index (κ1) is 18.9. The first-order chi connectivity index (χ1) is 14.2. The van der Waals surface area contributed by atoms with Gasteiger partial charge in [0.15, 0.2) is 0 Å². The summed E-state index contributed by atoms with van der Waals surface area (Å²) in [6, 6.07) is 15.4. The zero-order valence-corrected chi connectivity index (χ0v) is 16.6. The van der Waals surface area contributed by atoms with Gasteiger partial charge in [0.2, 0.25) is 0 Å². The fourth-order valence-corrected chi connectivity index (χ4v) is 3.60. The lowest BCUT2D eigenvalue weighted by molar-refractivity contribution is 0.208. The molecule has 0 unspecified atom stereocenters. The minimum Gasteiger partial charge on any atom is -0.497 e. The molecule has 1 aliphatic rings. The highest BCUT2D eigenvalue weighted by atomic mass is 16.5. The molecule has 1 saturated heterocycles. The molecule has 1 aromatic heterocycles. The quantitative estimate of drug-likeness (QED) is 0.735. The second-order valence-electron chi connectivity index (χ2n) is 6.82. The van der Waals surface area contributed by atoms with E-state index in [1.165, 1.54) is 0 Å². The summed E-state index contributed by atoms with van der Waals surface area (Å²) in [5, 5.41) is 4.01. The lowest BCUT2D eigenvalue weighted by atomic mass is 10.2. The summed E-state index contributed by atoms with van der Waals surface area (Å²) in [5.41, 5.74) is 2.53. The van der Waals surface area contributed by atoms with E-state index in [1.54, 1.807) is 20.4 Å². The van der Waals surface area contributed by atoms with Gasteiger partial charge in [-0.15, -0.1) is 0 Å². The number of carbonyl (C=O) groups is 1. The number of benzene rings is 2. The predicted molar refractivity (Wildman–Crippen MR) is 114 cm³/mol. The Morgan fingerprint density at radius 3 is 2.55 bits per heavy atom. The number of amides is 2. The molecule has 2 heterocycles. The Hall–Kier alpha value is -3.48. The van der Waals surface area contributed by atoms with Crippen LogP contribution in [-0.4, -0.2) is 56.3 Å². The summed E-state index contributed by atoms with van der Waals surface area (Å²) < 4.78 is 10.8. The average molecular weight is 392 g/mol. The van der Waals surface area contributed by atoms with Gasteiger partial charge in [-0.25, -0.2) is 4.79 Å². The van der Waals surface area contributed by atoms with Gasteiger partial charge in [-0.1, -0.05) is 18.2 Å². The number of nitrogens with zero attached hydrogens (tertiary/aromatic N) is 3. The van der Waals surface area contributed by atoms with Crippen LogP contribution in [0, 0.1) is 0 Å². The number of piperazine rings is 1. The van der Waals surface area contributed by atoms with Gasteiger partial charge in [-0.2, -0.15) is 0 Å². The molecular formula is C22H24N4O3. The molecular weight excluding hydrogens is 368 g/mol. The number of urea groups is 1. The van der Waals surface area contributed by atoms with Crippen LogP contribution in [0.2, 0.25) is 0 Å². The molecule has 0 saturated carbocycles. The first-order valence-corrected chi connectivity index (χ1v) is 9.56. The maximum absolute atomic E-state index is 12.8. The molecule has 29 heavy (non-hydrogen) atoms. The van der Waals surface area contributed by atoms with E-state index in [0.29, 0.717) is 13.1 Å². The van der Waals surface area contributed by atoms with Crippen molar-refractivity contribution in [2.24, 2.45) is 0 Å². The molecule has 0 spiro atoms. The van der Waals surface area contributed by atoms with E-state index in [0.717, 1.165) is 46.9 Å². The van der Waals surface area contributed by atoms with E-state index >= 15 is 0 Å². The van der Waals surface area contributed by atoms with Gasteiger partial charge in [0.1, 0.15) is 11.5 Å². The van der Waals surface area contributed by atoms with E-state index < -0.39 is 0 Å². The topological polar surface area (TPSA) is 66.9 Å². The number of hydrogen-bond donors (Lipinski definition) is 1. The van der Waals surface area contributed by atoms with E-state index in [1.807, 2.05) is 53.4 Å². The number of methoxy groups -OCH3 is 2. The second-order valence-corrected chi connectivity index (χ2v) is 6.82. The molecule has 7 nitrogen and oxygen atoms in total. The Kier molecular flexibility index (Phi) is 5.37. The van der Waals surface area contributed by atoms with Crippen molar-refractivity contribution in [2.45, 2.75) is 0 Å². The van der Waals surface area contributed by atoms with Gasteiger partial charge in [0.25, 0.3) is 0 Å². The number of anilines is 2. The van der Waals surface area contributed by atoms with E-state index in [2.05, 4.69) is 15.2 Å². The van der Waals surface area contributed by atoms with E-state index in [4.69, 9.17) is 9.47 Å². The molecule has 150 valence electrons. The molecule has 0 bridgehead atoms. The van der Waals surface area contributed by atoms with Crippen LogP contribution >= 0.6 is 0 Å². The third-order valence-corrected chi connectivity index (χ3v) is 5.17. The number of para-hydroxylation sites is 1. The minimum atomic E-state index is -0.107. The van der Waals surface area contributed by atoms with Gasteiger partial charge in [0, 0.05) is 43.8 Å². The monoisotopic (exact) mass is 392 g/mol. The summed E-state index contributed by atoms with van der Waals surface area (Å²) in [6.45, 7) is 2.70. The summed E-state index contributed by atoms with van der Waals surface area (Å²) in [4.78, 5) is 21.2. The molecule has 0 radical (unpaired) electrons. The van der Waals surface area contributed by atoms with Crippen molar-refractivity contribution < 1.29 is 14.3 Å².